The number of carbonyl (C=O) groups excluding carboxylic acids is 2. The van der Waals surface area contributed by atoms with Gasteiger partial charge in [0.15, 0.2) is 0 Å². The molecule has 1 saturated heterocycles. The molecule has 5 heterocycles. The van der Waals surface area contributed by atoms with Crippen molar-refractivity contribution in [2.75, 3.05) is 13.7 Å². The van der Waals surface area contributed by atoms with E-state index in [-0.39, 0.29) is 59.8 Å². The zero-order valence-corrected chi connectivity index (χ0v) is 31.4. The maximum absolute atomic E-state index is 13.4. The van der Waals surface area contributed by atoms with Crippen molar-refractivity contribution in [1.29, 1.82) is 0 Å². The maximum atomic E-state index is 13.4. The number of rotatable bonds is 8. The number of aliphatic hydroxyl groups is 1. The second-order valence-electron chi connectivity index (χ2n) is 13.4. The van der Waals surface area contributed by atoms with E-state index in [9.17, 15) is 14.7 Å². The van der Waals surface area contributed by atoms with Gasteiger partial charge in [-0.3, -0.25) is 9.59 Å². The molecule has 1 N–H and O–H groups in total. The monoisotopic (exact) mass is 674 g/mol. The van der Waals surface area contributed by atoms with Crippen molar-refractivity contribution in [3.05, 3.63) is 95.9 Å². The summed E-state index contributed by atoms with van der Waals surface area (Å²) < 4.78 is 10.7. The van der Waals surface area contributed by atoms with Crippen LogP contribution in [0.5, 0.6) is 0 Å². The fraction of sp³-hybridized carbons (Fsp3) is 0.487. The van der Waals surface area contributed by atoms with Gasteiger partial charge in [0.05, 0.1) is 13.2 Å². The Morgan fingerprint density at radius 3 is 2.45 bits per heavy atom. The first-order valence-corrected chi connectivity index (χ1v) is 17.2. The van der Waals surface area contributed by atoms with Gasteiger partial charge < -0.3 is 35.2 Å². The zero-order chi connectivity index (χ0) is 34.4. The Balaban J connectivity index is 0.00000468. The Bertz CT molecular complexity index is 1890. The molecule has 0 radical (unpaired) electrons. The summed E-state index contributed by atoms with van der Waals surface area (Å²) in [6.45, 7) is 14.7. The number of fused-ring (bicyclic) bond motifs is 8. The summed E-state index contributed by atoms with van der Waals surface area (Å²) >= 11 is 0. The smallest absolute Gasteiger partial charge is 0.681 e. The molecule has 4 aliphatic rings. The summed E-state index contributed by atoms with van der Waals surface area (Å²) in [7, 11) is 1.34. The van der Waals surface area contributed by atoms with E-state index in [2.05, 4.69) is 46.8 Å². The van der Waals surface area contributed by atoms with Gasteiger partial charge in [-0.25, -0.2) is 0 Å². The number of nitrogens with zero attached hydrogens (tertiary/aromatic N) is 4. The van der Waals surface area contributed by atoms with Crippen LogP contribution < -0.4 is 20.7 Å². The van der Waals surface area contributed by atoms with Crippen LogP contribution >= 0.6 is 0 Å². The number of allylic oxidation sites excluding steroid dienone is 4. The van der Waals surface area contributed by atoms with Gasteiger partial charge in [-0.15, -0.1) is 27.8 Å². The van der Waals surface area contributed by atoms with E-state index in [0.717, 1.165) is 58.0 Å². The van der Waals surface area contributed by atoms with Crippen molar-refractivity contribution in [2.45, 2.75) is 86.3 Å². The van der Waals surface area contributed by atoms with Gasteiger partial charge in [0.2, 0.25) is 0 Å². The third kappa shape index (κ3) is 6.36. The summed E-state index contributed by atoms with van der Waals surface area (Å²) in [5.74, 6) is -1.85. The molecule has 6 atom stereocenters. The van der Waals surface area contributed by atoms with Gasteiger partial charge in [-0.1, -0.05) is 85.0 Å². The number of aliphatic hydroxyl groups excluding tert-OH is 1. The minimum atomic E-state index is -1.14. The van der Waals surface area contributed by atoms with Crippen molar-refractivity contribution in [2.24, 2.45) is 23.7 Å². The van der Waals surface area contributed by atoms with E-state index in [4.69, 9.17) is 30.1 Å². The van der Waals surface area contributed by atoms with Gasteiger partial charge >= 0.3 is 35.0 Å². The van der Waals surface area contributed by atoms with Crippen LogP contribution in [0.25, 0.3) is 28.4 Å². The predicted molar refractivity (Wildman–Crippen MR) is 192 cm³/mol. The molecule has 9 nitrogen and oxygen atoms in total. The molecule has 49 heavy (non-hydrogen) atoms. The number of hydrogen-bond acceptors (Lipinski definition) is 5. The minimum Gasteiger partial charge on any atom is -0.681 e. The first-order valence-electron chi connectivity index (χ1n) is 17.2. The molecule has 0 saturated carbocycles. The largest absolute Gasteiger partial charge is 2.00 e. The molecule has 10 heteroatoms. The number of hydrogen-bond donors (Lipinski definition) is 1. The van der Waals surface area contributed by atoms with Crippen LogP contribution in [0.1, 0.15) is 93.6 Å². The second-order valence-corrected chi connectivity index (χ2v) is 13.4. The van der Waals surface area contributed by atoms with Crippen LogP contribution in [0, 0.1) is 37.5 Å². The molecule has 0 amide bonds. The van der Waals surface area contributed by atoms with E-state index in [1.807, 2.05) is 26.0 Å². The van der Waals surface area contributed by atoms with Gasteiger partial charge in [0, 0.05) is 6.42 Å². The van der Waals surface area contributed by atoms with E-state index < -0.39 is 24.0 Å². The van der Waals surface area contributed by atoms with Crippen molar-refractivity contribution in [3.63, 3.8) is 0 Å². The Kier molecular flexibility index (Phi) is 11.1. The molecule has 3 aliphatic heterocycles. The first-order chi connectivity index (χ1) is 23.0. The molecule has 2 aromatic rings. The van der Waals surface area contributed by atoms with Gasteiger partial charge in [-0.05, 0) is 70.3 Å². The van der Waals surface area contributed by atoms with E-state index in [1.54, 1.807) is 6.08 Å². The summed E-state index contributed by atoms with van der Waals surface area (Å²) in [4.78, 5) is 36.4. The Morgan fingerprint density at radius 2 is 1.78 bits per heavy atom. The van der Waals surface area contributed by atoms with Crippen LogP contribution in [0.3, 0.4) is 0 Å². The quantitative estimate of drug-likeness (QED) is 0.236. The average molecular weight is 675 g/mol. The number of esters is 2. The fourth-order valence-corrected chi connectivity index (χ4v) is 8.07. The number of methoxy groups -OCH3 is 1. The minimum absolute atomic E-state index is 0. The van der Waals surface area contributed by atoms with Gasteiger partial charge in [-0.2, -0.15) is 11.4 Å². The van der Waals surface area contributed by atoms with Crippen LogP contribution in [0.2, 0.25) is 0 Å². The molecule has 8 bridgehead atoms. The van der Waals surface area contributed by atoms with Crippen LogP contribution in [-0.2, 0) is 25.5 Å². The van der Waals surface area contributed by atoms with E-state index in [0.29, 0.717) is 28.3 Å². The van der Waals surface area contributed by atoms with Gasteiger partial charge in [0.25, 0.3) is 0 Å². The van der Waals surface area contributed by atoms with Crippen LogP contribution in [-0.4, -0.2) is 59.9 Å². The van der Waals surface area contributed by atoms with Crippen molar-refractivity contribution < 1.29 is 24.2 Å². The normalized spacial score (nSPS) is 28.2. The molecule has 0 spiro atoms. The third-order valence-corrected chi connectivity index (χ3v) is 10.9. The van der Waals surface area contributed by atoms with E-state index in [1.165, 1.54) is 12.7 Å². The summed E-state index contributed by atoms with van der Waals surface area (Å²) in [5, 5.41) is 23.6. The SMILES string of the molecule is C/C=C/COC(=O)CC[C@@H]1C2[N-]/C(=C\C3=C(C)[C@@H](CC)/C(=C/c4[n-]c(c(CC)c4C)/C=c4\[n-]c5c(c4C)[C@H](O)[C@H](C(=O)OC)C=52)[N-]3)[C@H]1C.[Mg+2]. The predicted octanol–water partition coefficient (Wildman–Crippen LogP) is 5.05. The summed E-state index contributed by atoms with van der Waals surface area (Å²) in [6, 6.07) is -0.513. The molecule has 1 unspecified atom stereocenters. The molecule has 256 valence electrons. The molecule has 2 aromatic heterocycles. The van der Waals surface area contributed by atoms with Crippen LogP contribution in [0.15, 0.2) is 40.9 Å². The molecular weight excluding hydrogens is 629 g/mol. The number of carbonyl (C=O) groups is 2. The van der Waals surface area contributed by atoms with Crippen molar-refractivity contribution in [3.8, 4) is 0 Å². The van der Waals surface area contributed by atoms with Crippen molar-refractivity contribution >= 4 is 52.7 Å². The molecule has 0 aromatic carbocycles. The Hall–Kier alpha value is -3.47. The topological polar surface area (TPSA) is 129 Å². The number of ether oxygens (including phenoxy) is 2. The summed E-state index contributed by atoms with van der Waals surface area (Å²) in [5.41, 5.74) is 10.00. The Morgan fingerprint density at radius 1 is 1.02 bits per heavy atom. The first kappa shape index (κ1) is 36.8. The second kappa shape index (κ2) is 14.8. The van der Waals surface area contributed by atoms with E-state index >= 15 is 0 Å². The van der Waals surface area contributed by atoms with Crippen LogP contribution in [0.4, 0.5) is 0 Å². The van der Waals surface area contributed by atoms with Crippen molar-refractivity contribution in [1.82, 2.24) is 9.97 Å². The third-order valence-electron chi connectivity index (χ3n) is 10.9. The fourth-order valence-electron chi connectivity index (χ4n) is 8.07. The molecule has 1 fully saturated rings. The zero-order valence-electron chi connectivity index (χ0n) is 30.0. The summed E-state index contributed by atoms with van der Waals surface area (Å²) in [6.07, 6.45) is 11.1. The Labute approximate surface area is 305 Å². The molecular formula is C39H46MgN4O5-2. The standard InChI is InChI=1S/C39H46N4O5.Mg/c1-9-12-15-48-32(44)14-13-25-21(6)28-16-26-19(4)23(10-2)30(40-26)17-27-20(5)24(11-3)31(41-27)18-29-22(7)33-37(43-29)34(36(25)42-28)35(38(33)45)39(46)47-8;/h9,12,16-18,21,23,25,35-36,38,45H,10-11,13-15H2,1-8H3;/q-4;+2/b12-9+,28-16-,29-18-,30-17-;/t21-,23+,25-,35+,36?,38-;/m0./s1. The average Bonchev–Trinajstić information content (AvgIpc) is 3.80. The molecule has 6 rings (SSSR count). The number of aromatic nitrogens is 2. The maximum Gasteiger partial charge on any atom is 2.00 e. The molecule has 1 aliphatic carbocycles. The van der Waals surface area contributed by atoms with Gasteiger partial charge in [0.1, 0.15) is 12.5 Å².